The van der Waals surface area contributed by atoms with Crippen molar-refractivity contribution in [2.75, 3.05) is 14.7 Å². The molecule has 0 aromatic carbocycles. The van der Waals surface area contributed by atoms with Gasteiger partial charge in [0.25, 0.3) is 0 Å². The van der Waals surface area contributed by atoms with Crippen LogP contribution in [0.25, 0.3) is 0 Å². The summed E-state index contributed by atoms with van der Waals surface area (Å²) in [6, 6.07) is 6.80. The van der Waals surface area contributed by atoms with Crippen molar-refractivity contribution in [1.29, 1.82) is 0 Å². The fourth-order valence-corrected chi connectivity index (χ4v) is 7.78. The molecule has 8 rings (SSSR count). The molecular formula is C51H61F3N8O12. The lowest BCUT2D eigenvalue weighted by atomic mass is 9.92. The zero-order valence-electron chi connectivity index (χ0n) is 42.6. The maximum atomic E-state index is 13.1. The minimum absolute atomic E-state index is 0.0543. The van der Waals surface area contributed by atoms with Crippen molar-refractivity contribution in [3.8, 4) is 0 Å². The van der Waals surface area contributed by atoms with E-state index < -0.39 is 64.8 Å². The van der Waals surface area contributed by atoms with Crippen LogP contribution in [0.15, 0.2) is 65.6 Å². The van der Waals surface area contributed by atoms with Crippen molar-refractivity contribution in [2.45, 2.75) is 161 Å². The van der Waals surface area contributed by atoms with Crippen LogP contribution < -0.4 is 20.0 Å². The number of ether oxygens (including phenoxy) is 2. The molecule has 4 atom stereocenters. The maximum absolute atomic E-state index is 13.1. The molecule has 0 unspecified atom stereocenters. The lowest BCUT2D eigenvalue weighted by molar-refractivity contribution is -0.158. The first-order chi connectivity index (χ1) is 34.5. The Balaban J connectivity index is 0.000000188. The summed E-state index contributed by atoms with van der Waals surface area (Å²) in [5, 5.41) is 15.5. The van der Waals surface area contributed by atoms with Gasteiger partial charge in [0.1, 0.15) is 70.0 Å². The number of hydrogen-bond donors (Lipinski definition) is 2. The van der Waals surface area contributed by atoms with Gasteiger partial charge in [-0.15, -0.1) is 0 Å². The van der Waals surface area contributed by atoms with Gasteiger partial charge in [-0.25, -0.2) is 42.5 Å². The molecule has 398 valence electrons. The lowest BCUT2D eigenvalue weighted by Crippen LogP contribution is -2.42. The van der Waals surface area contributed by atoms with Gasteiger partial charge in [-0.3, -0.25) is 38.7 Å². The summed E-state index contributed by atoms with van der Waals surface area (Å²) in [4.78, 5) is 109. The Morgan fingerprint density at radius 3 is 1.42 bits per heavy atom. The molecule has 4 amide bonds. The van der Waals surface area contributed by atoms with Gasteiger partial charge in [0.05, 0.1) is 36.7 Å². The molecule has 4 aromatic heterocycles. The number of carboxylic acids is 1. The highest BCUT2D eigenvalue weighted by molar-refractivity contribution is 6.04. The van der Waals surface area contributed by atoms with E-state index in [1.54, 1.807) is 26.8 Å². The minimum Gasteiger partial charge on any atom is -0.480 e. The highest BCUT2D eigenvalue weighted by Gasteiger charge is 2.41. The SMILES string of the molecule is CC(C)(C)OC(=O)[C@@H]1CCC(=O)N1.CC(C)(C)OC(=O)[C@@H]1CCC(=O)N1c1ccc(F)cn1.CC(C)(C)c1cc(CC(=O)[C@@H]2CCC(=O)N2c2ccc(F)cn2)on1.O=C(O)[C@@H]1CCC(=O)N1c1ccc(F)cn1. The highest BCUT2D eigenvalue weighted by atomic mass is 19.1. The predicted molar refractivity (Wildman–Crippen MR) is 259 cm³/mol. The molecule has 4 saturated heterocycles. The highest BCUT2D eigenvalue weighted by Crippen LogP contribution is 2.30. The Bertz CT molecular complexity index is 2680. The number of amides is 4. The quantitative estimate of drug-likeness (QED) is 0.175. The predicted octanol–water partition coefficient (Wildman–Crippen LogP) is 6.28. The van der Waals surface area contributed by atoms with Crippen LogP contribution >= 0.6 is 0 Å². The Labute approximate surface area is 425 Å². The maximum Gasteiger partial charge on any atom is 0.329 e. The van der Waals surface area contributed by atoms with Crippen LogP contribution in [-0.4, -0.2) is 108 Å². The minimum atomic E-state index is -1.07. The summed E-state index contributed by atoms with van der Waals surface area (Å²) < 4.78 is 54.3. The lowest BCUT2D eigenvalue weighted by Gasteiger charge is -2.26. The summed E-state index contributed by atoms with van der Waals surface area (Å²) in [5.74, 6) is -3.09. The normalized spacial score (nSPS) is 19.6. The van der Waals surface area contributed by atoms with E-state index in [4.69, 9.17) is 19.1 Å². The summed E-state index contributed by atoms with van der Waals surface area (Å²) in [6.45, 7) is 16.7. The molecule has 2 N–H and O–H groups in total. The first kappa shape index (κ1) is 57.3. The van der Waals surface area contributed by atoms with Crippen molar-refractivity contribution in [2.24, 2.45) is 0 Å². The van der Waals surface area contributed by atoms with Gasteiger partial charge in [0.2, 0.25) is 23.6 Å². The number of carbonyl (C=O) groups excluding carboxylic acids is 7. The van der Waals surface area contributed by atoms with Gasteiger partial charge >= 0.3 is 17.9 Å². The standard InChI is InChI=1S/C18H20FN3O3.C14H17FN2O3.C10H9FN2O3.C9H15NO3/c1-18(2,3)15-9-12(25-21-15)8-14(23)13-5-7-17(24)22(13)16-6-4-11(19)10-20-16;1-14(2,3)20-13(19)10-5-7-12(18)17(10)11-6-4-9(15)8-16-11;11-6-1-3-8(12-5-6)13-7(10(15)16)2-4-9(13)14;1-9(2,3)13-8(12)6-4-5-7(11)10-6/h4,6,9-10,13H,5,7-8H2,1-3H3;4,6,8,10H,5,7H2,1-3H3;1,3,5,7H,2,4H2,(H,15,16);6H,4-5H2,1-3H3,(H,10,11)/t13-;10-;7-;6-/m0000/s1. The molecule has 20 nitrogen and oxygen atoms in total. The smallest absolute Gasteiger partial charge is 0.329 e. The van der Waals surface area contributed by atoms with E-state index in [0.717, 1.165) is 35.3 Å². The van der Waals surface area contributed by atoms with Crippen LogP contribution in [0.5, 0.6) is 0 Å². The van der Waals surface area contributed by atoms with Crippen LogP contribution in [0.1, 0.15) is 125 Å². The van der Waals surface area contributed by atoms with Crippen LogP contribution in [0.3, 0.4) is 0 Å². The number of rotatable bonds is 9. The number of pyridine rings is 3. The topological polar surface area (TPSA) is 262 Å². The van der Waals surface area contributed by atoms with E-state index in [-0.39, 0.29) is 90.4 Å². The molecule has 0 bridgehead atoms. The van der Waals surface area contributed by atoms with Gasteiger partial charge in [-0.1, -0.05) is 25.9 Å². The zero-order chi connectivity index (χ0) is 54.9. The third-order valence-electron chi connectivity index (χ3n) is 11.2. The van der Waals surface area contributed by atoms with Gasteiger partial charge in [-0.2, -0.15) is 0 Å². The van der Waals surface area contributed by atoms with Crippen molar-refractivity contribution in [3.05, 3.63) is 90.0 Å². The Morgan fingerprint density at radius 1 is 0.622 bits per heavy atom. The monoisotopic (exact) mass is 1030 g/mol. The molecule has 4 fully saturated rings. The van der Waals surface area contributed by atoms with E-state index in [9.17, 15) is 51.5 Å². The zero-order valence-corrected chi connectivity index (χ0v) is 42.6. The number of aromatic nitrogens is 4. The molecule has 23 heteroatoms. The van der Waals surface area contributed by atoms with Gasteiger partial charge < -0.3 is 24.4 Å². The molecule has 74 heavy (non-hydrogen) atoms. The largest absolute Gasteiger partial charge is 0.480 e. The molecule has 0 saturated carbocycles. The number of Topliss-reactive ketones (excluding diaryl/α,β-unsaturated/α-hetero) is 1. The van der Waals surface area contributed by atoms with Crippen LogP contribution in [0.2, 0.25) is 0 Å². The molecule has 4 aliphatic heterocycles. The number of ketones is 1. The summed E-state index contributed by atoms with van der Waals surface area (Å²) in [6.07, 6.45) is 5.78. The molecule has 0 aliphatic carbocycles. The third kappa shape index (κ3) is 16.0. The summed E-state index contributed by atoms with van der Waals surface area (Å²) in [7, 11) is 0. The molecule has 4 aromatic rings. The average molecular weight is 1040 g/mol. The second-order valence-electron chi connectivity index (χ2n) is 20.6. The average Bonchev–Trinajstić information content (AvgIpc) is 4.16. The van der Waals surface area contributed by atoms with Crippen molar-refractivity contribution >= 4 is 64.8 Å². The fourth-order valence-electron chi connectivity index (χ4n) is 7.78. The van der Waals surface area contributed by atoms with Crippen LogP contribution in [-0.2, 0) is 59.7 Å². The number of nitrogens with zero attached hydrogens (tertiary/aromatic N) is 7. The molecule has 0 spiro atoms. The van der Waals surface area contributed by atoms with E-state index >= 15 is 0 Å². The number of carboxylic acid groups (broad SMARTS) is 1. The first-order valence-electron chi connectivity index (χ1n) is 23.8. The Kier molecular flexibility index (Phi) is 18.6. The van der Waals surface area contributed by atoms with Crippen LogP contribution in [0.4, 0.5) is 30.6 Å². The second-order valence-corrected chi connectivity index (χ2v) is 20.6. The fraction of sp³-hybridized carbons (Fsp3) is 0.490. The van der Waals surface area contributed by atoms with Crippen molar-refractivity contribution < 1.29 is 70.6 Å². The molecule has 8 heterocycles. The molecule has 0 radical (unpaired) electrons. The van der Waals surface area contributed by atoms with E-state index in [2.05, 4.69) is 25.4 Å². The number of carbonyl (C=O) groups is 8. The molecule has 4 aliphatic rings. The van der Waals surface area contributed by atoms with Crippen molar-refractivity contribution in [1.82, 2.24) is 25.4 Å². The van der Waals surface area contributed by atoms with E-state index in [1.807, 2.05) is 41.5 Å². The van der Waals surface area contributed by atoms with E-state index in [0.29, 0.717) is 31.4 Å². The Morgan fingerprint density at radius 2 is 1.04 bits per heavy atom. The number of nitrogens with one attached hydrogen (secondary N) is 1. The number of anilines is 3. The van der Waals surface area contributed by atoms with Gasteiger partial charge in [0.15, 0.2) is 5.78 Å². The van der Waals surface area contributed by atoms with Crippen LogP contribution in [0, 0.1) is 17.5 Å². The number of hydrogen-bond acceptors (Lipinski definition) is 15. The summed E-state index contributed by atoms with van der Waals surface area (Å²) in [5.41, 5.74) is -0.498. The summed E-state index contributed by atoms with van der Waals surface area (Å²) >= 11 is 0. The van der Waals surface area contributed by atoms with Gasteiger partial charge in [0, 0.05) is 37.2 Å². The number of esters is 2. The number of halogens is 3. The van der Waals surface area contributed by atoms with E-state index in [1.165, 1.54) is 40.1 Å². The Hall–Kier alpha value is -7.59. The first-order valence-corrected chi connectivity index (χ1v) is 23.8. The van der Waals surface area contributed by atoms with Gasteiger partial charge in [-0.05, 0) is 104 Å². The van der Waals surface area contributed by atoms with Crippen molar-refractivity contribution in [3.63, 3.8) is 0 Å². The second kappa shape index (κ2) is 24.0. The third-order valence-corrected chi connectivity index (χ3v) is 11.2. The molecular weight excluding hydrogens is 974 g/mol. The number of aliphatic carboxylic acids is 1.